The van der Waals surface area contributed by atoms with Gasteiger partial charge in [-0.3, -0.25) is 0 Å². The van der Waals surface area contributed by atoms with Crippen LogP contribution in [0.25, 0.3) is 108 Å². The lowest BCUT2D eigenvalue weighted by Gasteiger charge is -2.18. The van der Waals surface area contributed by atoms with Crippen molar-refractivity contribution in [3.05, 3.63) is 194 Å². The summed E-state index contributed by atoms with van der Waals surface area (Å²) < 4.78 is 2.69. The van der Waals surface area contributed by atoms with Crippen LogP contribution in [0.15, 0.2) is 194 Å². The molecule has 11 aromatic rings. The van der Waals surface area contributed by atoms with Crippen molar-refractivity contribution < 1.29 is 0 Å². The first-order valence-corrected chi connectivity index (χ1v) is 19.1. The average molecular weight is 689 g/mol. The molecule has 0 saturated heterocycles. The molecule has 11 rings (SSSR count). The predicted octanol–water partition coefficient (Wildman–Crippen LogP) is 15.3. The third-order valence-electron chi connectivity index (χ3n) is 11.0. The first-order chi connectivity index (χ1) is 26.3. The van der Waals surface area contributed by atoms with E-state index in [2.05, 4.69) is 194 Å². The highest BCUT2D eigenvalue weighted by molar-refractivity contribution is 7.26. The van der Waals surface area contributed by atoms with E-state index in [9.17, 15) is 0 Å². The number of fused-ring (bicyclic) bond motifs is 8. The van der Waals surface area contributed by atoms with E-state index >= 15 is 0 Å². The van der Waals surface area contributed by atoms with Gasteiger partial charge in [0.05, 0.1) is 0 Å². The lowest BCUT2D eigenvalue weighted by Crippen LogP contribution is -1.91. The topological polar surface area (TPSA) is 0 Å². The zero-order valence-electron chi connectivity index (χ0n) is 28.9. The molecule has 53 heavy (non-hydrogen) atoms. The van der Waals surface area contributed by atoms with E-state index in [1.807, 2.05) is 11.3 Å². The maximum atomic E-state index is 2.41. The second-order valence-corrected chi connectivity index (χ2v) is 15.1. The van der Waals surface area contributed by atoms with Gasteiger partial charge in [-0.2, -0.15) is 0 Å². The molecular weight excluding hydrogens is 657 g/mol. The van der Waals surface area contributed by atoms with Crippen LogP contribution in [0.1, 0.15) is 0 Å². The second kappa shape index (κ2) is 12.0. The van der Waals surface area contributed by atoms with Crippen LogP contribution in [0, 0.1) is 0 Å². The fraction of sp³-hybridized carbons (Fsp3) is 0. The number of thiophene rings is 1. The normalized spacial score (nSPS) is 11.8. The van der Waals surface area contributed by atoms with Crippen LogP contribution in [0.4, 0.5) is 0 Å². The van der Waals surface area contributed by atoms with Gasteiger partial charge in [-0.05, 0) is 112 Å². The Morgan fingerprint density at radius 2 is 0.830 bits per heavy atom. The number of rotatable bonds is 4. The van der Waals surface area contributed by atoms with Crippen LogP contribution >= 0.6 is 11.3 Å². The number of benzene rings is 10. The zero-order chi connectivity index (χ0) is 34.9. The Labute approximate surface area is 311 Å². The Kier molecular flexibility index (Phi) is 6.83. The fourth-order valence-electron chi connectivity index (χ4n) is 8.60. The summed E-state index contributed by atoms with van der Waals surface area (Å²) in [7, 11) is 0. The van der Waals surface area contributed by atoms with Gasteiger partial charge in [-0.15, -0.1) is 11.3 Å². The molecule has 1 heteroatoms. The van der Waals surface area contributed by atoms with Gasteiger partial charge in [0.15, 0.2) is 0 Å². The summed E-state index contributed by atoms with van der Waals surface area (Å²) >= 11 is 1.90. The van der Waals surface area contributed by atoms with Gasteiger partial charge in [-0.25, -0.2) is 0 Å². The molecule has 0 spiro atoms. The highest BCUT2D eigenvalue weighted by atomic mass is 32.1. The van der Waals surface area contributed by atoms with Crippen molar-refractivity contribution in [1.29, 1.82) is 0 Å². The molecule has 0 aliphatic carbocycles. The van der Waals surface area contributed by atoms with Gasteiger partial charge in [-0.1, -0.05) is 170 Å². The molecule has 0 N–H and O–H groups in total. The highest BCUT2D eigenvalue weighted by Gasteiger charge is 2.18. The molecule has 246 valence electrons. The molecule has 1 aromatic heterocycles. The van der Waals surface area contributed by atoms with E-state index in [4.69, 9.17) is 0 Å². The maximum absolute atomic E-state index is 2.41. The Balaban J connectivity index is 1.12. The number of hydrogen-bond donors (Lipinski definition) is 0. The SMILES string of the molecule is c1ccc(-c2ccc3ccc(-c4c5ccccc5c(-c5cccc(-c6cccc7sc8c9ccccc9ccc8c67)c5)c5ccccc45)cc3c2)cc1. The van der Waals surface area contributed by atoms with Crippen molar-refractivity contribution in [2.24, 2.45) is 0 Å². The van der Waals surface area contributed by atoms with Crippen molar-refractivity contribution in [2.45, 2.75) is 0 Å². The first-order valence-electron chi connectivity index (χ1n) is 18.3. The van der Waals surface area contributed by atoms with Crippen molar-refractivity contribution in [3.8, 4) is 44.5 Å². The van der Waals surface area contributed by atoms with E-state index in [0.717, 1.165) is 0 Å². The predicted molar refractivity (Wildman–Crippen MR) is 231 cm³/mol. The van der Waals surface area contributed by atoms with Crippen LogP contribution in [-0.4, -0.2) is 0 Å². The van der Waals surface area contributed by atoms with Crippen LogP contribution in [-0.2, 0) is 0 Å². The Hall–Kier alpha value is -6.54. The van der Waals surface area contributed by atoms with Crippen molar-refractivity contribution in [2.75, 3.05) is 0 Å². The summed E-state index contributed by atoms with van der Waals surface area (Å²) in [6, 6.07) is 71.7. The maximum Gasteiger partial charge on any atom is 0.0434 e. The van der Waals surface area contributed by atoms with Gasteiger partial charge >= 0.3 is 0 Å². The van der Waals surface area contributed by atoms with E-state index in [1.54, 1.807) is 0 Å². The summed E-state index contributed by atoms with van der Waals surface area (Å²) in [5, 5.41) is 12.8. The third-order valence-corrected chi connectivity index (χ3v) is 12.2. The van der Waals surface area contributed by atoms with E-state index < -0.39 is 0 Å². The Morgan fingerprint density at radius 3 is 1.57 bits per heavy atom. The molecule has 0 radical (unpaired) electrons. The molecule has 0 saturated carbocycles. The third kappa shape index (κ3) is 4.82. The molecule has 0 aliphatic rings. The quantitative estimate of drug-likeness (QED) is 0.162. The highest BCUT2D eigenvalue weighted by Crippen LogP contribution is 2.47. The molecule has 10 aromatic carbocycles. The number of hydrogen-bond acceptors (Lipinski definition) is 1. The molecule has 1 heterocycles. The monoisotopic (exact) mass is 688 g/mol. The summed E-state index contributed by atoms with van der Waals surface area (Å²) in [5.74, 6) is 0. The van der Waals surface area contributed by atoms with E-state index in [0.29, 0.717) is 0 Å². The van der Waals surface area contributed by atoms with Crippen molar-refractivity contribution in [1.82, 2.24) is 0 Å². The first kappa shape index (κ1) is 30.1. The molecule has 0 nitrogen and oxygen atoms in total. The molecule has 0 fully saturated rings. The van der Waals surface area contributed by atoms with Gasteiger partial charge in [0.25, 0.3) is 0 Å². The molecular formula is C52H32S. The molecule has 0 bridgehead atoms. The molecule has 0 atom stereocenters. The molecule has 0 amide bonds. The summed E-state index contributed by atoms with van der Waals surface area (Å²) in [6.45, 7) is 0. The van der Waals surface area contributed by atoms with Crippen LogP contribution in [0.3, 0.4) is 0 Å². The van der Waals surface area contributed by atoms with Gasteiger partial charge in [0.2, 0.25) is 0 Å². The fourth-order valence-corrected chi connectivity index (χ4v) is 9.86. The minimum atomic E-state index is 1.23. The summed E-state index contributed by atoms with van der Waals surface area (Å²) in [4.78, 5) is 0. The summed E-state index contributed by atoms with van der Waals surface area (Å²) in [5.41, 5.74) is 10.0. The van der Waals surface area contributed by atoms with Gasteiger partial charge in [0, 0.05) is 20.2 Å². The Morgan fingerprint density at radius 1 is 0.283 bits per heavy atom. The zero-order valence-corrected chi connectivity index (χ0v) is 29.7. The van der Waals surface area contributed by atoms with Gasteiger partial charge < -0.3 is 0 Å². The van der Waals surface area contributed by atoms with Gasteiger partial charge in [0.1, 0.15) is 0 Å². The second-order valence-electron chi connectivity index (χ2n) is 14.0. The average Bonchev–Trinajstić information content (AvgIpc) is 3.62. The minimum Gasteiger partial charge on any atom is -0.135 e. The lowest BCUT2D eigenvalue weighted by atomic mass is 9.85. The van der Waals surface area contributed by atoms with Crippen LogP contribution in [0.5, 0.6) is 0 Å². The largest absolute Gasteiger partial charge is 0.135 e. The van der Waals surface area contributed by atoms with E-state index in [-0.39, 0.29) is 0 Å². The van der Waals surface area contributed by atoms with E-state index in [1.165, 1.54) is 108 Å². The minimum absolute atomic E-state index is 1.23. The standard InChI is InChI=1S/C52H32S/c1-2-12-33(13-3-1)36-26-24-34-25-27-39(32-40(34)30-36)50-45-20-8-6-18-43(45)49(44-19-7-9-21-46(44)50)38-16-10-15-37(31-38)41-22-11-23-48-51(41)47-29-28-35-14-4-5-17-42(35)52(47)53-48/h1-32H. The van der Waals surface area contributed by atoms with Crippen LogP contribution in [0.2, 0.25) is 0 Å². The van der Waals surface area contributed by atoms with Crippen molar-refractivity contribution >= 4 is 74.6 Å². The lowest BCUT2D eigenvalue weighted by molar-refractivity contribution is 1.63. The summed E-state index contributed by atoms with van der Waals surface area (Å²) in [6.07, 6.45) is 0. The smallest absolute Gasteiger partial charge is 0.0434 e. The Bertz CT molecular complexity index is 3160. The van der Waals surface area contributed by atoms with Crippen molar-refractivity contribution in [3.63, 3.8) is 0 Å². The van der Waals surface area contributed by atoms with Crippen LogP contribution < -0.4 is 0 Å². The molecule has 0 aliphatic heterocycles. The molecule has 0 unspecified atom stereocenters.